The Morgan fingerprint density at radius 1 is 1.41 bits per heavy atom. The first-order chi connectivity index (χ1) is 8.06. The van der Waals surface area contributed by atoms with Crippen LogP contribution < -0.4 is 11.1 Å². The van der Waals surface area contributed by atoms with Gasteiger partial charge in [-0.15, -0.1) is 0 Å². The van der Waals surface area contributed by atoms with Gasteiger partial charge in [-0.2, -0.15) is 0 Å². The third kappa shape index (κ3) is 6.61. The minimum atomic E-state index is -0.314. The fraction of sp³-hybridized carbons (Fsp3) is 0.917. The molecule has 0 aliphatic heterocycles. The summed E-state index contributed by atoms with van der Waals surface area (Å²) in [6.07, 6.45) is 0. The molecule has 5 nitrogen and oxygen atoms in total. The largest absolute Gasteiger partial charge is 0.384 e. The van der Waals surface area contributed by atoms with E-state index in [0.29, 0.717) is 6.61 Å². The van der Waals surface area contributed by atoms with Crippen LogP contribution in [0.25, 0.3) is 0 Å². The molecule has 0 saturated carbocycles. The van der Waals surface area contributed by atoms with E-state index in [1.165, 1.54) is 0 Å². The number of nitrogens with one attached hydrogen (secondary N) is 1. The highest BCUT2D eigenvalue weighted by atomic mass is 16.5. The minimum absolute atomic E-state index is 0.0919. The van der Waals surface area contributed by atoms with Crippen molar-refractivity contribution in [2.45, 2.75) is 26.8 Å². The van der Waals surface area contributed by atoms with E-state index in [1.807, 2.05) is 6.92 Å². The summed E-state index contributed by atoms with van der Waals surface area (Å²) < 4.78 is 5.05. The number of carbonyl (C=O) groups excluding carboxylic acids is 1. The van der Waals surface area contributed by atoms with Crippen molar-refractivity contribution in [3.05, 3.63) is 0 Å². The molecule has 0 spiro atoms. The second kappa shape index (κ2) is 9.39. The zero-order chi connectivity index (χ0) is 13.3. The van der Waals surface area contributed by atoms with E-state index in [4.69, 9.17) is 10.5 Å². The molecule has 0 heterocycles. The molecule has 0 fully saturated rings. The molecule has 1 amide bonds. The van der Waals surface area contributed by atoms with Gasteiger partial charge in [-0.3, -0.25) is 4.79 Å². The molecule has 0 saturated heterocycles. The summed E-state index contributed by atoms with van der Waals surface area (Å²) >= 11 is 0. The van der Waals surface area contributed by atoms with E-state index in [2.05, 4.69) is 24.1 Å². The topological polar surface area (TPSA) is 67.6 Å². The Hall–Kier alpha value is -0.650. The summed E-state index contributed by atoms with van der Waals surface area (Å²) in [5, 5.41) is 3.21. The lowest BCUT2D eigenvalue weighted by atomic mass is 10.0. The fourth-order valence-corrected chi connectivity index (χ4v) is 1.86. The number of ether oxygens (including phenoxy) is 1. The Kier molecular flexibility index (Phi) is 9.03. The summed E-state index contributed by atoms with van der Waals surface area (Å²) in [6.45, 7) is 10.5. The highest BCUT2D eigenvalue weighted by Crippen LogP contribution is 2.02. The molecule has 0 aromatic rings. The van der Waals surface area contributed by atoms with Crippen LogP contribution in [-0.2, 0) is 9.53 Å². The Morgan fingerprint density at radius 3 is 2.41 bits per heavy atom. The van der Waals surface area contributed by atoms with Gasteiger partial charge < -0.3 is 20.7 Å². The highest BCUT2D eigenvalue weighted by Gasteiger charge is 2.21. The van der Waals surface area contributed by atoms with Crippen LogP contribution in [0.5, 0.6) is 0 Å². The van der Waals surface area contributed by atoms with Crippen LogP contribution in [0.2, 0.25) is 0 Å². The van der Waals surface area contributed by atoms with Crippen molar-refractivity contribution < 1.29 is 9.53 Å². The van der Waals surface area contributed by atoms with E-state index in [9.17, 15) is 4.79 Å². The predicted molar refractivity (Wildman–Crippen MR) is 69.8 cm³/mol. The van der Waals surface area contributed by atoms with Gasteiger partial charge in [0.05, 0.1) is 12.6 Å². The number of nitrogens with zero attached hydrogens (tertiary/aromatic N) is 1. The van der Waals surface area contributed by atoms with Crippen LogP contribution in [-0.4, -0.2) is 56.7 Å². The zero-order valence-corrected chi connectivity index (χ0v) is 11.5. The molecule has 5 heteroatoms. The van der Waals surface area contributed by atoms with Crippen molar-refractivity contribution in [2.24, 2.45) is 11.7 Å². The first kappa shape index (κ1) is 16.4. The number of amides is 1. The quantitative estimate of drug-likeness (QED) is 0.571. The van der Waals surface area contributed by atoms with E-state index in [0.717, 1.165) is 26.2 Å². The molecule has 17 heavy (non-hydrogen) atoms. The summed E-state index contributed by atoms with van der Waals surface area (Å²) in [5.74, 6) is -0.219. The maximum Gasteiger partial charge on any atom is 0.234 e. The molecule has 0 radical (unpaired) electrons. The van der Waals surface area contributed by atoms with Crippen molar-refractivity contribution in [3.8, 4) is 0 Å². The summed E-state index contributed by atoms with van der Waals surface area (Å²) in [7, 11) is 1.63. The SMILES string of the molecule is CCN(CC)CCNC(C(N)=O)C(C)COC. The number of hydrogen-bond acceptors (Lipinski definition) is 4. The first-order valence-electron chi connectivity index (χ1n) is 6.30. The summed E-state index contributed by atoms with van der Waals surface area (Å²) in [4.78, 5) is 13.6. The molecule has 0 bridgehead atoms. The Balaban J connectivity index is 4.05. The van der Waals surface area contributed by atoms with Gasteiger partial charge in [0, 0.05) is 26.1 Å². The van der Waals surface area contributed by atoms with Crippen LogP contribution in [0.3, 0.4) is 0 Å². The third-order valence-electron chi connectivity index (χ3n) is 2.99. The Morgan fingerprint density at radius 2 is 2.00 bits per heavy atom. The van der Waals surface area contributed by atoms with Gasteiger partial charge in [0.15, 0.2) is 0 Å². The number of nitrogens with two attached hydrogens (primary N) is 1. The van der Waals surface area contributed by atoms with Crippen molar-refractivity contribution >= 4 is 5.91 Å². The summed E-state index contributed by atoms with van der Waals surface area (Å²) in [6, 6.07) is -0.314. The lowest BCUT2D eigenvalue weighted by Gasteiger charge is -2.24. The molecule has 102 valence electrons. The van der Waals surface area contributed by atoms with Gasteiger partial charge in [0.25, 0.3) is 0 Å². The van der Waals surface area contributed by atoms with Gasteiger partial charge in [-0.05, 0) is 13.1 Å². The molecule has 0 aliphatic carbocycles. The number of hydrogen-bond donors (Lipinski definition) is 2. The van der Waals surface area contributed by atoms with Crippen molar-refractivity contribution in [2.75, 3.05) is 39.9 Å². The van der Waals surface area contributed by atoms with Gasteiger partial charge >= 0.3 is 0 Å². The number of methoxy groups -OCH3 is 1. The van der Waals surface area contributed by atoms with Gasteiger partial charge in [0.1, 0.15) is 0 Å². The highest BCUT2D eigenvalue weighted by molar-refractivity contribution is 5.80. The van der Waals surface area contributed by atoms with Gasteiger partial charge in [-0.1, -0.05) is 20.8 Å². The lowest BCUT2D eigenvalue weighted by molar-refractivity contribution is -0.121. The molecule has 2 unspecified atom stereocenters. The van der Waals surface area contributed by atoms with E-state index in [1.54, 1.807) is 7.11 Å². The molecule has 2 atom stereocenters. The number of primary amides is 1. The number of likely N-dealkylation sites (N-methyl/N-ethyl adjacent to an activating group) is 1. The van der Waals surface area contributed by atoms with Crippen LogP contribution in [0.4, 0.5) is 0 Å². The van der Waals surface area contributed by atoms with E-state index < -0.39 is 0 Å². The third-order valence-corrected chi connectivity index (χ3v) is 2.99. The molecule has 0 aromatic heterocycles. The molecular weight excluding hydrogens is 218 g/mol. The maximum atomic E-state index is 11.3. The second-order valence-corrected chi connectivity index (χ2v) is 4.29. The Bertz CT molecular complexity index is 208. The number of carbonyl (C=O) groups is 1. The fourth-order valence-electron chi connectivity index (χ4n) is 1.86. The standard InChI is InChI=1S/C12H27N3O2/c1-5-15(6-2)8-7-14-11(12(13)16)10(3)9-17-4/h10-11,14H,5-9H2,1-4H3,(H2,13,16). The predicted octanol–water partition coefficient (Wildman–Crippen LogP) is 0.0542. The van der Waals surface area contributed by atoms with Crippen molar-refractivity contribution in [3.63, 3.8) is 0 Å². The monoisotopic (exact) mass is 245 g/mol. The molecule has 0 rings (SSSR count). The van der Waals surface area contributed by atoms with E-state index >= 15 is 0 Å². The second-order valence-electron chi connectivity index (χ2n) is 4.29. The van der Waals surface area contributed by atoms with Gasteiger partial charge in [-0.25, -0.2) is 0 Å². The van der Waals surface area contributed by atoms with Crippen LogP contribution in [0.1, 0.15) is 20.8 Å². The molecule has 0 aromatic carbocycles. The van der Waals surface area contributed by atoms with Crippen molar-refractivity contribution in [1.29, 1.82) is 0 Å². The minimum Gasteiger partial charge on any atom is -0.384 e. The smallest absolute Gasteiger partial charge is 0.234 e. The normalized spacial score (nSPS) is 14.9. The van der Waals surface area contributed by atoms with Crippen molar-refractivity contribution in [1.82, 2.24) is 10.2 Å². The van der Waals surface area contributed by atoms with Crippen LogP contribution in [0.15, 0.2) is 0 Å². The molecule has 0 aliphatic rings. The first-order valence-corrected chi connectivity index (χ1v) is 6.30. The number of rotatable bonds is 10. The molecule has 3 N–H and O–H groups in total. The average molecular weight is 245 g/mol. The maximum absolute atomic E-state index is 11.3. The Labute approximate surface area is 105 Å². The zero-order valence-electron chi connectivity index (χ0n) is 11.5. The average Bonchev–Trinajstić information content (AvgIpc) is 2.29. The van der Waals surface area contributed by atoms with E-state index in [-0.39, 0.29) is 17.9 Å². The van der Waals surface area contributed by atoms with Gasteiger partial charge in [0.2, 0.25) is 5.91 Å². The summed E-state index contributed by atoms with van der Waals surface area (Å²) in [5.41, 5.74) is 5.38. The molecular formula is C12H27N3O2. The van der Waals surface area contributed by atoms with Crippen LogP contribution in [0, 0.1) is 5.92 Å². The lowest BCUT2D eigenvalue weighted by Crippen LogP contribution is -2.49. The van der Waals surface area contributed by atoms with Crippen LogP contribution >= 0.6 is 0 Å².